The number of hydrogen-bond acceptors (Lipinski definition) is 3. The molecule has 0 bridgehead atoms. The molecular weight excluding hydrogens is 252 g/mol. The Hall–Kier alpha value is -2.07. The quantitative estimate of drug-likeness (QED) is 0.907. The van der Waals surface area contributed by atoms with E-state index in [1.54, 1.807) is 0 Å². The Kier molecular flexibility index (Phi) is 4.58. The molecular formula is C16H20N2O2. The van der Waals surface area contributed by atoms with E-state index in [1.165, 1.54) is 17.8 Å². The van der Waals surface area contributed by atoms with Crippen LogP contribution < -0.4 is 5.43 Å². The summed E-state index contributed by atoms with van der Waals surface area (Å²) < 4.78 is 1.90. The average Bonchev–Trinajstić information content (AvgIpc) is 2.43. The number of nitrogens with zero attached hydrogens (tertiary/aromatic N) is 2. The number of pyridine rings is 1. The van der Waals surface area contributed by atoms with E-state index in [0.29, 0.717) is 6.54 Å². The van der Waals surface area contributed by atoms with Crippen LogP contribution in [0.25, 0.3) is 0 Å². The van der Waals surface area contributed by atoms with Crippen LogP contribution in [0, 0.1) is 0 Å². The van der Waals surface area contributed by atoms with E-state index in [2.05, 4.69) is 17.0 Å². The van der Waals surface area contributed by atoms with Gasteiger partial charge < -0.3 is 9.67 Å². The minimum absolute atomic E-state index is 0.193. The van der Waals surface area contributed by atoms with Crippen molar-refractivity contribution in [3.8, 4) is 5.75 Å². The van der Waals surface area contributed by atoms with Gasteiger partial charge in [0.05, 0.1) is 6.20 Å². The molecule has 4 nitrogen and oxygen atoms in total. The Morgan fingerprint density at radius 1 is 1.20 bits per heavy atom. The fraction of sp³-hybridized carbons (Fsp3) is 0.312. The van der Waals surface area contributed by atoms with Gasteiger partial charge in [0.25, 0.3) is 0 Å². The topological polar surface area (TPSA) is 45.5 Å². The number of aryl methyl sites for hydroxylation is 1. The number of aromatic nitrogens is 1. The maximum Gasteiger partial charge on any atom is 0.223 e. The van der Waals surface area contributed by atoms with E-state index in [9.17, 15) is 9.90 Å². The zero-order valence-corrected chi connectivity index (χ0v) is 11.9. The van der Waals surface area contributed by atoms with Gasteiger partial charge in [0, 0.05) is 31.4 Å². The van der Waals surface area contributed by atoms with E-state index in [4.69, 9.17) is 0 Å². The second-order valence-electron chi connectivity index (χ2n) is 4.96. The molecule has 0 atom stereocenters. The predicted molar refractivity (Wildman–Crippen MR) is 79.7 cm³/mol. The lowest BCUT2D eigenvalue weighted by Crippen LogP contribution is -2.22. The SMILES string of the molecule is CCn1cc(O)c(=O)cc1CN(C)Cc1ccccc1. The smallest absolute Gasteiger partial charge is 0.223 e. The van der Waals surface area contributed by atoms with Gasteiger partial charge >= 0.3 is 0 Å². The molecule has 1 aromatic heterocycles. The third-order valence-corrected chi connectivity index (χ3v) is 3.27. The maximum absolute atomic E-state index is 11.6. The van der Waals surface area contributed by atoms with Gasteiger partial charge in [-0.25, -0.2) is 0 Å². The molecule has 1 N–H and O–H groups in total. The highest BCUT2D eigenvalue weighted by Crippen LogP contribution is 2.10. The second kappa shape index (κ2) is 6.39. The van der Waals surface area contributed by atoms with Crippen LogP contribution in [0.3, 0.4) is 0 Å². The van der Waals surface area contributed by atoms with E-state index < -0.39 is 0 Å². The first-order valence-corrected chi connectivity index (χ1v) is 6.75. The summed E-state index contributed by atoms with van der Waals surface area (Å²) in [5, 5.41) is 9.48. The first-order chi connectivity index (χ1) is 9.60. The summed E-state index contributed by atoms with van der Waals surface area (Å²) >= 11 is 0. The largest absolute Gasteiger partial charge is 0.503 e. The molecule has 0 aliphatic carbocycles. The first kappa shape index (κ1) is 14.3. The van der Waals surface area contributed by atoms with E-state index in [1.807, 2.05) is 36.7 Å². The van der Waals surface area contributed by atoms with Gasteiger partial charge in [-0.05, 0) is 19.5 Å². The summed E-state index contributed by atoms with van der Waals surface area (Å²) in [7, 11) is 2.02. The monoisotopic (exact) mass is 272 g/mol. The molecule has 0 aliphatic heterocycles. The Balaban J connectivity index is 2.13. The molecule has 0 amide bonds. The molecule has 2 rings (SSSR count). The van der Waals surface area contributed by atoms with Crippen molar-refractivity contribution in [1.82, 2.24) is 9.47 Å². The third-order valence-electron chi connectivity index (χ3n) is 3.27. The first-order valence-electron chi connectivity index (χ1n) is 6.75. The van der Waals surface area contributed by atoms with Crippen LogP contribution in [0.15, 0.2) is 47.4 Å². The van der Waals surface area contributed by atoms with Crippen molar-refractivity contribution in [2.24, 2.45) is 0 Å². The minimum atomic E-state index is -0.321. The van der Waals surface area contributed by atoms with Crippen LogP contribution in [0.5, 0.6) is 5.75 Å². The number of rotatable bonds is 5. The van der Waals surface area contributed by atoms with Crippen molar-refractivity contribution in [2.45, 2.75) is 26.6 Å². The molecule has 0 fully saturated rings. The maximum atomic E-state index is 11.6. The fourth-order valence-electron chi connectivity index (χ4n) is 2.26. The molecule has 0 radical (unpaired) electrons. The van der Waals surface area contributed by atoms with E-state index in [0.717, 1.165) is 18.8 Å². The van der Waals surface area contributed by atoms with Crippen LogP contribution in [-0.4, -0.2) is 21.6 Å². The Bertz CT molecular complexity index is 620. The van der Waals surface area contributed by atoms with Crippen LogP contribution in [0.1, 0.15) is 18.2 Å². The molecule has 0 aliphatic rings. The Labute approximate surface area is 118 Å². The summed E-state index contributed by atoms with van der Waals surface area (Å²) in [6.45, 7) is 4.20. The summed E-state index contributed by atoms with van der Waals surface area (Å²) in [4.78, 5) is 13.7. The molecule has 106 valence electrons. The second-order valence-corrected chi connectivity index (χ2v) is 4.96. The van der Waals surface area contributed by atoms with Gasteiger partial charge in [-0.1, -0.05) is 30.3 Å². The molecule has 0 saturated carbocycles. The standard InChI is InChI=1S/C16H20N2O2/c1-3-18-12-16(20)15(19)9-14(18)11-17(2)10-13-7-5-4-6-8-13/h4-9,12,20H,3,10-11H2,1-2H3. The van der Waals surface area contributed by atoms with Crippen molar-refractivity contribution < 1.29 is 5.11 Å². The average molecular weight is 272 g/mol. The summed E-state index contributed by atoms with van der Waals surface area (Å²) in [5.74, 6) is -0.193. The number of benzene rings is 1. The van der Waals surface area contributed by atoms with Crippen LogP contribution in [0.4, 0.5) is 0 Å². The molecule has 4 heteroatoms. The fourth-order valence-corrected chi connectivity index (χ4v) is 2.26. The normalized spacial score (nSPS) is 10.9. The van der Waals surface area contributed by atoms with Gasteiger partial charge in [-0.15, -0.1) is 0 Å². The van der Waals surface area contributed by atoms with Crippen molar-refractivity contribution in [2.75, 3.05) is 7.05 Å². The molecule has 0 saturated heterocycles. The summed E-state index contributed by atoms with van der Waals surface area (Å²) in [6.07, 6.45) is 1.51. The number of hydrogen-bond donors (Lipinski definition) is 1. The van der Waals surface area contributed by atoms with Gasteiger partial charge in [0.2, 0.25) is 5.43 Å². The van der Waals surface area contributed by atoms with Crippen LogP contribution in [0.2, 0.25) is 0 Å². The lowest BCUT2D eigenvalue weighted by atomic mass is 10.2. The summed E-state index contributed by atoms with van der Waals surface area (Å²) in [5.41, 5.74) is 1.82. The minimum Gasteiger partial charge on any atom is -0.503 e. The molecule has 2 aromatic rings. The summed E-state index contributed by atoms with van der Waals surface area (Å²) in [6, 6.07) is 11.7. The molecule has 0 unspecified atom stereocenters. The van der Waals surface area contributed by atoms with Crippen molar-refractivity contribution in [3.63, 3.8) is 0 Å². The zero-order valence-electron chi connectivity index (χ0n) is 11.9. The van der Waals surface area contributed by atoms with Crippen molar-refractivity contribution in [3.05, 3.63) is 64.1 Å². The molecule has 20 heavy (non-hydrogen) atoms. The van der Waals surface area contributed by atoms with E-state index in [-0.39, 0.29) is 11.2 Å². The highest BCUT2D eigenvalue weighted by Gasteiger charge is 2.08. The van der Waals surface area contributed by atoms with Gasteiger partial charge in [-0.2, -0.15) is 0 Å². The van der Waals surface area contributed by atoms with Gasteiger partial charge in [0.15, 0.2) is 5.75 Å². The molecule has 0 spiro atoms. The molecule has 1 heterocycles. The van der Waals surface area contributed by atoms with Crippen molar-refractivity contribution in [1.29, 1.82) is 0 Å². The molecule has 1 aromatic carbocycles. The van der Waals surface area contributed by atoms with Crippen molar-refractivity contribution >= 4 is 0 Å². The highest BCUT2D eigenvalue weighted by atomic mass is 16.3. The Morgan fingerprint density at radius 3 is 2.55 bits per heavy atom. The van der Waals surface area contributed by atoms with Crippen LogP contribution in [-0.2, 0) is 19.6 Å². The lowest BCUT2D eigenvalue weighted by molar-refractivity contribution is 0.308. The third kappa shape index (κ3) is 3.48. The van der Waals surface area contributed by atoms with Gasteiger partial charge in [0.1, 0.15) is 0 Å². The zero-order chi connectivity index (χ0) is 14.5. The van der Waals surface area contributed by atoms with Crippen LogP contribution >= 0.6 is 0 Å². The van der Waals surface area contributed by atoms with E-state index >= 15 is 0 Å². The highest BCUT2D eigenvalue weighted by molar-refractivity contribution is 5.20. The lowest BCUT2D eigenvalue weighted by Gasteiger charge is -2.20. The number of aromatic hydroxyl groups is 1. The predicted octanol–water partition coefficient (Wildman–Crippen LogP) is 2.21. The Morgan fingerprint density at radius 2 is 1.90 bits per heavy atom. The van der Waals surface area contributed by atoms with Gasteiger partial charge in [-0.3, -0.25) is 9.69 Å².